The summed E-state index contributed by atoms with van der Waals surface area (Å²) in [6.07, 6.45) is 5.46. The van der Waals surface area contributed by atoms with Crippen LogP contribution in [0.15, 0.2) is 60.1 Å². The van der Waals surface area contributed by atoms with Crippen molar-refractivity contribution in [1.29, 1.82) is 0 Å². The molecule has 1 N–H and O–H groups in total. The van der Waals surface area contributed by atoms with Crippen LogP contribution in [-0.2, 0) is 11.3 Å². The van der Waals surface area contributed by atoms with Crippen molar-refractivity contribution in [3.63, 3.8) is 0 Å². The first-order valence-corrected chi connectivity index (χ1v) is 10.1. The number of pyridine rings is 1. The van der Waals surface area contributed by atoms with E-state index in [2.05, 4.69) is 28.3 Å². The van der Waals surface area contributed by atoms with Crippen LogP contribution in [-0.4, -0.2) is 32.3 Å². The van der Waals surface area contributed by atoms with Crippen molar-refractivity contribution >= 4 is 17.7 Å². The highest BCUT2D eigenvalue weighted by Gasteiger charge is 2.10. The molecule has 2 heterocycles. The Hall–Kier alpha value is -2.80. The Balaban J connectivity index is 1.52. The van der Waals surface area contributed by atoms with Crippen molar-refractivity contribution in [2.45, 2.75) is 38.6 Å². The molecule has 0 aliphatic rings. The standard InChI is InChI=1S/C21H24N4O2S/c1-15(2)27-20-9-8-17(13-24-20)12-23-19(26)14-28-21-22-10-11-25(21)18-7-5-4-6-16(18)3/h4-11,13,15H,12,14H2,1-3H3,(H,23,26). The van der Waals surface area contributed by atoms with Gasteiger partial charge in [0.1, 0.15) is 0 Å². The van der Waals surface area contributed by atoms with E-state index in [1.54, 1.807) is 12.4 Å². The molecule has 0 saturated heterocycles. The number of carbonyl (C=O) groups is 1. The van der Waals surface area contributed by atoms with E-state index in [4.69, 9.17) is 4.74 Å². The van der Waals surface area contributed by atoms with Crippen molar-refractivity contribution in [2.75, 3.05) is 5.75 Å². The molecule has 0 atom stereocenters. The monoisotopic (exact) mass is 396 g/mol. The van der Waals surface area contributed by atoms with Gasteiger partial charge in [0.15, 0.2) is 5.16 Å². The number of rotatable bonds is 8. The molecule has 146 valence electrons. The predicted molar refractivity (Wildman–Crippen MR) is 111 cm³/mol. The third kappa shape index (κ3) is 5.36. The maximum atomic E-state index is 12.2. The van der Waals surface area contributed by atoms with Gasteiger partial charge in [-0.05, 0) is 38.0 Å². The molecule has 2 aromatic heterocycles. The Bertz CT molecular complexity index is 922. The molecule has 0 saturated carbocycles. The fraction of sp³-hybridized carbons (Fsp3) is 0.286. The zero-order valence-electron chi connectivity index (χ0n) is 16.3. The molecule has 7 heteroatoms. The normalized spacial score (nSPS) is 10.9. The molecular formula is C21H24N4O2S. The van der Waals surface area contributed by atoms with Crippen LogP contribution in [0.1, 0.15) is 25.0 Å². The first kappa shape index (κ1) is 19.9. The number of aromatic nitrogens is 3. The number of hydrogen-bond donors (Lipinski definition) is 1. The van der Waals surface area contributed by atoms with Crippen LogP contribution in [0, 0.1) is 6.92 Å². The average Bonchev–Trinajstić information content (AvgIpc) is 3.14. The molecule has 6 nitrogen and oxygen atoms in total. The number of amides is 1. The van der Waals surface area contributed by atoms with E-state index in [0.717, 1.165) is 22.0 Å². The van der Waals surface area contributed by atoms with Gasteiger partial charge in [-0.3, -0.25) is 9.36 Å². The van der Waals surface area contributed by atoms with Gasteiger partial charge in [0, 0.05) is 31.2 Å². The second-order valence-corrected chi connectivity index (χ2v) is 7.55. The van der Waals surface area contributed by atoms with Crippen LogP contribution in [0.3, 0.4) is 0 Å². The van der Waals surface area contributed by atoms with Crippen LogP contribution in [0.5, 0.6) is 5.88 Å². The second-order valence-electron chi connectivity index (χ2n) is 6.60. The maximum absolute atomic E-state index is 12.2. The summed E-state index contributed by atoms with van der Waals surface area (Å²) >= 11 is 1.41. The minimum Gasteiger partial charge on any atom is -0.475 e. The van der Waals surface area contributed by atoms with Crippen molar-refractivity contribution in [3.05, 3.63) is 66.1 Å². The number of nitrogens with one attached hydrogen (secondary N) is 1. The second kappa shape index (κ2) is 9.41. The van der Waals surface area contributed by atoms with E-state index in [-0.39, 0.29) is 12.0 Å². The molecule has 0 fully saturated rings. The van der Waals surface area contributed by atoms with Crippen LogP contribution in [0.2, 0.25) is 0 Å². The molecule has 1 amide bonds. The number of imidazole rings is 1. The molecular weight excluding hydrogens is 372 g/mol. The average molecular weight is 397 g/mol. The summed E-state index contributed by atoms with van der Waals surface area (Å²) < 4.78 is 7.52. The SMILES string of the molecule is Cc1ccccc1-n1ccnc1SCC(=O)NCc1ccc(OC(C)C)nc1. The summed E-state index contributed by atoms with van der Waals surface area (Å²) in [7, 11) is 0. The van der Waals surface area contributed by atoms with E-state index < -0.39 is 0 Å². The molecule has 3 rings (SSSR count). The van der Waals surface area contributed by atoms with Gasteiger partial charge in [-0.2, -0.15) is 0 Å². The lowest BCUT2D eigenvalue weighted by Crippen LogP contribution is -2.24. The lowest BCUT2D eigenvalue weighted by molar-refractivity contribution is -0.118. The van der Waals surface area contributed by atoms with Gasteiger partial charge in [-0.15, -0.1) is 0 Å². The summed E-state index contributed by atoms with van der Waals surface area (Å²) in [5, 5.41) is 3.71. The molecule has 28 heavy (non-hydrogen) atoms. The number of para-hydroxylation sites is 1. The topological polar surface area (TPSA) is 69.0 Å². The summed E-state index contributed by atoms with van der Waals surface area (Å²) in [6.45, 7) is 6.40. The van der Waals surface area contributed by atoms with Crippen LogP contribution in [0.25, 0.3) is 5.69 Å². The van der Waals surface area contributed by atoms with Gasteiger partial charge in [0.2, 0.25) is 11.8 Å². The Morgan fingerprint density at radius 1 is 1.21 bits per heavy atom. The number of nitrogens with zero attached hydrogens (tertiary/aromatic N) is 3. The van der Waals surface area contributed by atoms with E-state index in [9.17, 15) is 4.79 Å². The predicted octanol–water partition coefficient (Wildman–Crippen LogP) is 3.77. The highest BCUT2D eigenvalue weighted by atomic mass is 32.2. The number of thioether (sulfide) groups is 1. The quantitative estimate of drug-likeness (QED) is 0.587. The van der Waals surface area contributed by atoms with Crippen molar-refractivity contribution in [3.8, 4) is 11.6 Å². The summed E-state index contributed by atoms with van der Waals surface area (Å²) in [5.41, 5.74) is 3.15. The molecule has 3 aromatic rings. The van der Waals surface area contributed by atoms with Crippen LogP contribution < -0.4 is 10.1 Å². The molecule has 0 bridgehead atoms. The number of benzene rings is 1. The zero-order chi connectivity index (χ0) is 19.9. The molecule has 0 aliphatic carbocycles. The Morgan fingerprint density at radius 2 is 2.04 bits per heavy atom. The van der Waals surface area contributed by atoms with E-state index in [1.165, 1.54) is 11.8 Å². The fourth-order valence-electron chi connectivity index (χ4n) is 2.62. The van der Waals surface area contributed by atoms with Crippen molar-refractivity contribution in [2.24, 2.45) is 0 Å². The van der Waals surface area contributed by atoms with E-state index in [1.807, 2.05) is 54.9 Å². The van der Waals surface area contributed by atoms with Gasteiger partial charge >= 0.3 is 0 Å². The van der Waals surface area contributed by atoms with Gasteiger partial charge < -0.3 is 10.1 Å². The van der Waals surface area contributed by atoms with Crippen molar-refractivity contribution < 1.29 is 9.53 Å². The lowest BCUT2D eigenvalue weighted by atomic mass is 10.2. The largest absolute Gasteiger partial charge is 0.475 e. The van der Waals surface area contributed by atoms with Gasteiger partial charge in [0.05, 0.1) is 17.5 Å². The number of ether oxygens (including phenoxy) is 1. The number of aryl methyl sites for hydroxylation is 1. The maximum Gasteiger partial charge on any atom is 0.230 e. The first-order valence-electron chi connectivity index (χ1n) is 9.13. The molecule has 1 aromatic carbocycles. The molecule has 0 spiro atoms. The summed E-state index contributed by atoms with van der Waals surface area (Å²) in [6, 6.07) is 11.8. The zero-order valence-corrected chi connectivity index (χ0v) is 17.1. The number of hydrogen-bond acceptors (Lipinski definition) is 5. The summed E-state index contributed by atoms with van der Waals surface area (Å²) in [4.78, 5) is 20.8. The Morgan fingerprint density at radius 3 is 2.75 bits per heavy atom. The molecule has 0 aliphatic heterocycles. The third-order valence-electron chi connectivity index (χ3n) is 3.96. The smallest absolute Gasteiger partial charge is 0.230 e. The molecule has 0 radical (unpaired) electrons. The highest BCUT2D eigenvalue weighted by Crippen LogP contribution is 2.22. The van der Waals surface area contributed by atoms with Crippen LogP contribution in [0.4, 0.5) is 0 Å². The van der Waals surface area contributed by atoms with Gasteiger partial charge in [-0.1, -0.05) is 36.0 Å². The minimum absolute atomic E-state index is 0.0492. The van der Waals surface area contributed by atoms with Gasteiger partial charge in [0.25, 0.3) is 0 Å². The van der Waals surface area contributed by atoms with Gasteiger partial charge in [-0.25, -0.2) is 9.97 Å². The lowest BCUT2D eigenvalue weighted by Gasteiger charge is -2.11. The Kier molecular flexibility index (Phi) is 6.71. The minimum atomic E-state index is -0.0492. The highest BCUT2D eigenvalue weighted by molar-refractivity contribution is 7.99. The van der Waals surface area contributed by atoms with E-state index >= 15 is 0 Å². The summed E-state index contributed by atoms with van der Waals surface area (Å²) in [5.74, 6) is 0.834. The van der Waals surface area contributed by atoms with E-state index in [0.29, 0.717) is 18.2 Å². The van der Waals surface area contributed by atoms with Crippen LogP contribution >= 0.6 is 11.8 Å². The Labute approximate surface area is 169 Å². The third-order valence-corrected chi connectivity index (χ3v) is 4.92. The van der Waals surface area contributed by atoms with Crippen molar-refractivity contribution in [1.82, 2.24) is 19.9 Å². The fourth-order valence-corrected chi connectivity index (χ4v) is 3.42. The first-order chi connectivity index (χ1) is 13.5. The number of carbonyl (C=O) groups excluding carboxylic acids is 1. The molecule has 0 unspecified atom stereocenters.